The molecule has 102 valence electrons. The number of hydrogen-bond donors (Lipinski definition) is 1. The summed E-state index contributed by atoms with van der Waals surface area (Å²) in [6.07, 6.45) is 4.47. The van der Waals surface area contributed by atoms with Gasteiger partial charge in [0, 0.05) is 6.42 Å². The lowest BCUT2D eigenvalue weighted by Crippen LogP contribution is -2.08. The standard InChI is InChI=1S/C15H20N2O2/c1-16-8-4-6-13-11-19-15(17-13)10-12-5-3-7-14(9-12)18-2/h3,5,7,9,11,16H,4,6,8,10H2,1-2H3. The van der Waals surface area contributed by atoms with Gasteiger partial charge in [-0.25, -0.2) is 4.98 Å². The fourth-order valence-corrected chi connectivity index (χ4v) is 1.95. The molecule has 1 aromatic carbocycles. The number of methoxy groups -OCH3 is 1. The monoisotopic (exact) mass is 260 g/mol. The van der Waals surface area contributed by atoms with E-state index in [0.29, 0.717) is 6.42 Å². The predicted molar refractivity (Wildman–Crippen MR) is 74.6 cm³/mol. The molecule has 4 nitrogen and oxygen atoms in total. The van der Waals surface area contributed by atoms with Gasteiger partial charge in [-0.05, 0) is 44.1 Å². The first-order valence-corrected chi connectivity index (χ1v) is 6.52. The van der Waals surface area contributed by atoms with Crippen LogP contribution in [0.4, 0.5) is 0 Å². The highest BCUT2D eigenvalue weighted by Gasteiger charge is 2.05. The summed E-state index contributed by atoms with van der Waals surface area (Å²) >= 11 is 0. The average Bonchev–Trinajstić information content (AvgIpc) is 2.87. The molecule has 2 rings (SSSR count). The molecule has 2 aromatic rings. The normalized spacial score (nSPS) is 10.6. The number of nitrogens with zero attached hydrogens (tertiary/aromatic N) is 1. The van der Waals surface area contributed by atoms with Gasteiger partial charge in [-0.15, -0.1) is 0 Å². The first-order chi connectivity index (χ1) is 9.31. The van der Waals surface area contributed by atoms with Crippen LogP contribution < -0.4 is 10.1 Å². The third kappa shape index (κ3) is 4.10. The Balaban J connectivity index is 1.95. The van der Waals surface area contributed by atoms with E-state index in [1.807, 2.05) is 31.3 Å². The first kappa shape index (κ1) is 13.6. The van der Waals surface area contributed by atoms with Gasteiger partial charge in [-0.1, -0.05) is 12.1 Å². The zero-order chi connectivity index (χ0) is 13.5. The second-order valence-electron chi connectivity index (χ2n) is 4.47. The van der Waals surface area contributed by atoms with E-state index in [2.05, 4.69) is 10.3 Å². The Kier molecular flexibility index (Phi) is 4.98. The van der Waals surface area contributed by atoms with Crippen LogP contribution in [-0.2, 0) is 12.8 Å². The van der Waals surface area contributed by atoms with Crippen molar-refractivity contribution in [2.75, 3.05) is 20.7 Å². The Bertz CT molecular complexity index is 508. The van der Waals surface area contributed by atoms with Crippen LogP contribution in [0.3, 0.4) is 0 Å². The maximum absolute atomic E-state index is 5.50. The molecule has 0 unspecified atom stereocenters. The number of aromatic nitrogens is 1. The number of hydrogen-bond acceptors (Lipinski definition) is 4. The Morgan fingerprint density at radius 1 is 1.37 bits per heavy atom. The minimum absolute atomic E-state index is 0.698. The molecule has 0 saturated carbocycles. The smallest absolute Gasteiger partial charge is 0.198 e. The Hall–Kier alpha value is -1.81. The van der Waals surface area contributed by atoms with Crippen LogP contribution in [0.2, 0.25) is 0 Å². The molecule has 0 fully saturated rings. The summed E-state index contributed by atoms with van der Waals surface area (Å²) in [6.45, 7) is 0.998. The Morgan fingerprint density at radius 3 is 3.05 bits per heavy atom. The summed E-state index contributed by atoms with van der Waals surface area (Å²) in [5.41, 5.74) is 2.16. The van der Waals surface area contributed by atoms with Gasteiger partial charge in [0.1, 0.15) is 12.0 Å². The molecule has 0 saturated heterocycles. The number of nitrogens with one attached hydrogen (secondary N) is 1. The van der Waals surface area contributed by atoms with Gasteiger partial charge in [0.05, 0.1) is 12.8 Å². The summed E-state index contributed by atoms with van der Waals surface area (Å²) in [5, 5.41) is 3.12. The summed E-state index contributed by atoms with van der Waals surface area (Å²) in [6, 6.07) is 7.96. The molecule has 0 bridgehead atoms. The average molecular weight is 260 g/mol. The zero-order valence-electron chi connectivity index (χ0n) is 11.5. The quantitative estimate of drug-likeness (QED) is 0.777. The number of aryl methyl sites for hydroxylation is 1. The third-order valence-corrected chi connectivity index (χ3v) is 2.95. The molecule has 0 radical (unpaired) electrons. The Labute approximate surface area is 113 Å². The zero-order valence-corrected chi connectivity index (χ0v) is 11.5. The van der Waals surface area contributed by atoms with Crippen LogP contribution >= 0.6 is 0 Å². The molecule has 0 aliphatic carbocycles. The number of oxazole rings is 1. The number of benzene rings is 1. The van der Waals surface area contributed by atoms with Crippen molar-refractivity contribution >= 4 is 0 Å². The first-order valence-electron chi connectivity index (χ1n) is 6.52. The predicted octanol–water partition coefficient (Wildman–Crippen LogP) is 2.43. The van der Waals surface area contributed by atoms with Crippen molar-refractivity contribution < 1.29 is 9.15 Å². The lowest BCUT2D eigenvalue weighted by molar-refractivity contribution is 0.414. The molecule has 1 N–H and O–H groups in total. The highest BCUT2D eigenvalue weighted by Crippen LogP contribution is 2.16. The SMILES string of the molecule is CNCCCc1coc(Cc2cccc(OC)c2)n1. The van der Waals surface area contributed by atoms with E-state index in [9.17, 15) is 0 Å². The molecule has 4 heteroatoms. The second-order valence-corrected chi connectivity index (χ2v) is 4.47. The number of ether oxygens (including phenoxy) is 1. The van der Waals surface area contributed by atoms with Crippen LogP contribution in [-0.4, -0.2) is 25.7 Å². The van der Waals surface area contributed by atoms with Crippen molar-refractivity contribution in [2.24, 2.45) is 0 Å². The van der Waals surface area contributed by atoms with E-state index in [0.717, 1.165) is 42.3 Å². The van der Waals surface area contributed by atoms with E-state index < -0.39 is 0 Å². The summed E-state index contributed by atoms with van der Waals surface area (Å²) in [5.74, 6) is 1.62. The molecule has 1 aromatic heterocycles. The van der Waals surface area contributed by atoms with Gasteiger partial charge in [0.25, 0.3) is 0 Å². The second kappa shape index (κ2) is 6.95. The van der Waals surface area contributed by atoms with E-state index in [1.165, 1.54) is 0 Å². The van der Waals surface area contributed by atoms with Crippen LogP contribution in [0.15, 0.2) is 34.9 Å². The molecular weight excluding hydrogens is 240 g/mol. The minimum Gasteiger partial charge on any atom is -0.497 e. The molecule has 19 heavy (non-hydrogen) atoms. The van der Waals surface area contributed by atoms with Crippen LogP contribution in [0.1, 0.15) is 23.6 Å². The maximum Gasteiger partial charge on any atom is 0.198 e. The fraction of sp³-hybridized carbons (Fsp3) is 0.400. The van der Waals surface area contributed by atoms with Crippen molar-refractivity contribution in [3.63, 3.8) is 0 Å². The molecule has 0 atom stereocenters. The highest BCUT2D eigenvalue weighted by atomic mass is 16.5. The molecule has 0 spiro atoms. The van der Waals surface area contributed by atoms with Gasteiger partial charge < -0.3 is 14.5 Å². The fourth-order valence-electron chi connectivity index (χ4n) is 1.95. The van der Waals surface area contributed by atoms with Crippen molar-refractivity contribution in [3.8, 4) is 5.75 Å². The van der Waals surface area contributed by atoms with Gasteiger partial charge in [-0.3, -0.25) is 0 Å². The van der Waals surface area contributed by atoms with E-state index in [4.69, 9.17) is 9.15 Å². The van der Waals surface area contributed by atoms with Crippen molar-refractivity contribution in [3.05, 3.63) is 47.7 Å². The summed E-state index contributed by atoms with van der Waals surface area (Å²) in [7, 11) is 3.63. The largest absolute Gasteiger partial charge is 0.497 e. The molecule has 1 heterocycles. The molecule has 0 aliphatic rings. The van der Waals surface area contributed by atoms with Gasteiger partial charge in [-0.2, -0.15) is 0 Å². The van der Waals surface area contributed by atoms with Crippen LogP contribution in [0.25, 0.3) is 0 Å². The summed E-state index contributed by atoms with van der Waals surface area (Å²) < 4.78 is 10.7. The minimum atomic E-state index is 0.698. The van der Waals surface area contributed by atoms with Crippen molar-refractivity contribution in [1.29, 1.82) is 0 Å². The summed E-state index contributed by atoms with van der Waals surface area (Å²) in [4.78, 5) is 4.50. The van der Waals surface area contributed by atoms with Crippen molar-refractivity contribution in [2.45, 2.75) is 19.3 Å². The van der Waals surface area contributed by atoms with E-state index in [-0.39, 0.29) is 0 Å². The number of rotatable bonds is 7. The molecule has 0 amide bonds. The lowest BCUT2D eigenvalue weighted by atomic mass is 10.1. The van der Waals surface area contributed by atoms with Gasteiger partial charge in [0.2, 0.25) is 0 Å². The third-order valence-electron chi connectivity index (χ3n) is 2.95. The van der Waals surface area contributed by atoms with Crippen LogP contribution in [0, 0.1) is 0 Å². The van der Waals surface area contributed by atoms with Crippen molar-refractivity contribution in [1.82, 2.24) is 10.3 Å². The maximum atomic E-state index is 5.50. The molecular formula is C15H20N2O2. The van der Waals surface area contributed by atoms with Gasteiger partial charge in [0.15, 0.2) is 5.89 Å². The molecule has 0 aliphatic heterocycles. The van der Waals surface area contributed by atoms with E-state index >= 15 is 0 Å². The Morgan fingerprint density at radius 2 is 2.26 bits per heavy atom. The topological polar surface area (TPSA) is 47.3 Å². The highest BCUT2D eigenvalue weighted by molar-refractivity contribution is 5.29. The van der Waals surface area contributed by atoms with E-state index in [1.54, 1.807) is 13.4 Å². The van der Waals surface area contributed by atoms with Crippen LogP contribution in [0.5, 0.6) is 5.75 Å². The van der Waals surface area contributed by atoms with Gasteiger partial charge >= 0.3 is 0 Å². The lowest BCUT2D eigenvalue weighted by Gasteiger charge is -2.01.